The van der Waals surface area contributed by atoms with Gasteiger partial charge in [-0.25, -0.2) is 18.7 Å². The smallest absolute Gasteiger partial charge is 0.226 e. The summed E-state index contributed by atoms with van der Waals surface area (Å²) in [5.41, 5.74) is 6.28. The topological polar surface area (TPSA) is 93.8 Å². The molecule has 1 aliphatic carbocycles. The van der Waals surface area contributed by atoms with Gasteiger partial charge in [0.05, 0.1) is 32.0 Å². The van der Waals surface area contributed by atoms with Gasteiger partial charge in [0.1, 0.15) is 17.4 Å². The molecule has 0 unspecified atom stereocenters. The molecule has 1 saturated heterocycles. The zero-order chi connectivity index (χ0) is 25.9. The Balaban J connectivity index is 1.23. The summed E-state index contributed by atoms with van der Waals surface area (Å²) in [6, 6.07) is 2.28. The van der Waals surface area contributed by atoms with Gasteiger partial charge in [0.2, 0.25) is 11.9 Å². The molecule has 1 aromatic carbocycles. The van der Waals surface area contributed by atoms with Gasteiger partial charge in [0.25, 0.3) is 0 Å². The van der Waals surface area contributed by atoms with E-state index < -0.39 is 11.6 Å². The van der Waals surface area contributed by atoms with Crippen molar-refractivity contribution < 1.29 is 23.0 Å². The van der Waals surface area contributed by atoms with E-state index in [-0.39, 0.29) is 29.2 Å². The Hall–Kier alpha value is -3.01. The number of likely N-dealkylation sites (N-methyl/N-ethyl adjacent to an activating group) is 1. The maximum absolute atomic E-state index is 14.4. The van der Waals surface area contributed by atoms with E-state index in [2.05, 4.69) is 14.9 Å². The molecule has 1 saturated carbocycles. The minimum atomic E-state index is -0.775. The van der Waals surface area contributed by atoms with Crippen molar-refractivity contribution in [3.05, 3.63) is 41.7 Å². The minimum absolute atomic E-state index is 0.123. The van der Waals surface area contributed by atoms with Crippen LogP contribution in [0.2, 0.25) is 0 Å². The maximum atomic E-state index is 14.4. The summed E-state index contributed by atoms with van der Waals surface area (Å²) in [7, 11) is 3.09. The number of halogens is 2. The molecule has 2 atom stereocenters. The molecule has 1 amide bonds. The van der Waals surface area contributed by atoms with E-state index in [0.717, 1.165) is 50.9 Å². The molecular formula is C26H35F2N5O3. The number of benzene rings is 1. The van der Waals surface area contributed by atoms with Gasteiger partial charge < -0.3 is 25.0 Å². The molecule has 0 radical (unpaired) electrons. The third-order valence-corrected chi connectivity index (χ3v) is 7.34. The molecular weight excluding hydrogens is 468 g/mol. The minimum Gasteiger partial charge on any atom is -0.493 e. The zero-order valence-corrected chi connectivity index (χ0v) is 21.2. The highest BCUT2D eigenvalue weighted by atomic mass is 19.1. The summed E-state index contributed by atoms with van der Waals surface area (Å²) in [5.74, 6) is 0.310. The molecule has 2 aromatic rings. The number of hydrogen-bond acceptors (Lipinski definition) is 7. The third-order valence-electron chi connectivity index (χ3n) is 7.34. The zero-order valence-electron chi connectivity index (χ0n) is 21.2. The number of amides is 1. The first-order chi connectivity index (χ1) is 17.2. The van der Waals surface area contributed by atoms with Gasteiger partial charge >= 0.3 is 0 Å². The van der Waals surface area contributed by atoms with Crippen LogP contribution in [0, 0.1) is 23.5 Å². The number of nitrogens with zero attached hydrogens (tertiary/aromatic N) is 4. The highest BCUT2D eigenvalue weighted by Crippen LogP contribution is 2.52. The fraction of sp³-hybridized carbons (Fsp3) is 0.577. The molecule has 2 heterocycles. The van der Waals surface area contributed by atoms with Gasteiger partial charge in [-0.15, -0.1) is 0 Å². The number of ether oxygens (including phenoxy) is 2. The Morgan fingerprint density at radius 2 is 1.78 bits per heavy atom. The lowest BCUT2D eigenvalue weighted by Crippen LogP contribution is -2.44. The Morgan fingerprint density at radius 1 is 1.14 bits per heavy atom. The molecule has 2 N–H and O–H groups in total. The number of anilines is 1. The van der Waals surface area contributed by atoms with Crippen LogP contribution in [0.3, 0.4) is 0 Å². The van der Waals surface area contributed by atoms with Crippen LogP contribution < -0.4 is 20.1 Å². The summed E-state index contributed by atoms with van der Waals surface area (Å²) < 4.78 is 39.8. The first-order valence-corrected chi connectivity index (χ1v) is 12.5. The molecule has 0 spiro atoms. The maximum Gasteiger partial charge on any atom is 0.226 e. The van der Waals surface area contributed by atoms with Gasteiger partial charge in [-0.3, -0.25) is 4.79 Å². The molecule has 4 rings (SSSR count). The molecule has 2 aliphatic rings. The highest BCUT2D eigenvalue weighted by Gasteiger charge is 2.55. The van der Waals surface area contributed by atoms with Crippen molar-refractivity contribution in [2.24, 2.45) is 17.6 Å². The van der Waals surface area contributed by atoms with Crippen LogP contribution in [-0.2, 0) is 11.2 Å². The van der Waals surface area contributed by atoms with E-state index in [9.17, 15) is 13.6 Å². The first-order valence-electron chi connectivity index (χ1n) is 12.5. The molecule has 10 heteroatoms. The van der Waals surface area contributed by atoms with E-state index >= 15 is 0 Å². The first kappa shape index (κ1) is 26.1. The van der Waals surface area contributed by atoms with Crippen molar-refractivity contribution in [1.29, 1.82) is 0 Å². The van der Waals surface area contributed by atoms with E-state index in [1.165, 1.54) is 4.90 Å². The second-order valence-electron chi connectivity index (χ2n) is 9.89. The van der Waals surface area contributed by atoms with E-state index in [1.807, 2.05) is 6.92 Å². The van der Waals surface area contributed by atoms with Crippen LogP contribution in [0.25, 0.3) is 0 Å². The second kappa shape index (κ2) is 10.9. The predicted molar refractivity (Wildman–Crippen MR) is 132 cm³/mol. The Morgan fingerprint density at radius 3 is 2.36 bits per heavy atom. The standard InChI is InChI=1S/C26H35F2N5O3/c1-4-35-20-15-30-25(31-16-20)33-8-5-17(6-9-33)26(29)14-18(26)7-10-36-19-11-22(27)21(23(28)12-19)13-24(34)32(2)3/h11-12,15-18H,4-10,13-14,29H2,1-3H3/t18-,26+/m1/s1. The summed E-state index contributed by atoms with van der Waals surface area (Å²) in [4.78, 5) is 24.1. The molecule has 196 valence electrons. The Labute approximate surface area is 210 Å². The average molecular weight is 504 g/mol. The summed E-state index contributed by atoms with van der Waals surface area (Å²) in [5, 5.41) is 0. The van der Waals surface area contributed by atoms with Gasteiger partial charge in [0.15, 0.2) is 5.75 Å². The van der Waals surface area contributed by atoms with Crippen molar-refractivity contribution in [2.75, 3.05) is 45.3 Å². The van der Waals surface area contributed by atoms with E-state index in [0.29, 0.717) is 36.7 Å². The van der Waals surface area contributed by atoms with Crippen LogP contribution in [0.4, 0.5) is 14.7 Å². The molecule has 0 bridgehead atoms. The van der Waals surface area contributed by atoms with Crippen molar-refractivity contribution in [3.63, 3.8) is 0 Å². The fourth-order valence-corrected chi connectivity index (χ4v) is 5.03. The molecule has 1 aliphatic heterocycles. The van der Waals surface area contributed by atoms with Crippen LogP contribution in [0.15, 0.2) is 24.5 Å². The second-order valence-corrected chi connectivity index (χ2v) is 9.89. The Kier molecular flexibility index (Phi) is 7.92. The van der Waals surface area contributed by atoms with Crippen molar-refractivity contribution in [2.45, 2.75) is 44.6 Å². The number of aromatic nitrogens is 2. The lowest BCUT2D eigenvalue weighted by molar-refractivity contribution is -0.128. The van der Waals surface area contributed by atoms with Gasteiger partial charge in [0, 0.05) is 50.4 Å². The predicted octanol–water partition coefficient (Wildman–Crippen LogP) is 3.19. The molecule has 1 aromatic heterocycles. The number of hydrogen-bond donors (Lipinski definition) is 1. The lowest BCUT2D eigenvalue weighted by atomic mass is 9.86. The van der Waals surface area contributed by atoms with Crippen LogP contribution in [0.5, 0.6) is 11.5 Å². The van der Waals surface area contributed by atoms with Crippen molar-refractivity contribution in [3.8, 4) is 11.5 Å². The molecule has 2 fully saturated rings. The number of carbonyl (C=O) groups is 1. The van der Waals surface area contributed by atoms with Crippen LogP contribution in [0.1, 0.15) is 38.2 Å². The fourth-order valence-electron chi connectivity index (χ4n) is 5.03. The van der Waals surface area contributed by atoms with E-state index in [1.54, 1.807) is 26.5 Å². The average Bonchev–Trinajstić information content (AvgIpc) is 3.52. The largest absolute Gasteiger partial charge is 0.493 e. The number of rotatable bonds is 10. The van der Waals surface area contributed by atoms with Crippen LogP contribution >= 0.6 is 0 Å². The van der Waals surface area contributed by atoms with Gasteiger partial charge in [-0.05, 0) is 44.4 Å². The SMILES string of the molecule is CCOc1cnc(N2CCC([C@@]3(N)C[C@H]3CCOc3cc(F)c(CC(=O)N(C)C)c(F)c3)CC2)nc1. The highest BCUT2D eigenvalue weighted by molar-refractivity contribution is 5.78. The van der Waals surface area contributed by atoms with Crippen molar-refractivity contribution in [1.82, 2.24) is 14.9 Å². The normalized spacial score (nSPS) is 21.8. The van der Waals surface area contributed by atoms with Crippen molar-refractivity contribution >= 4 is 11.9 Å². The number of nitrogens with two attached hydrogens (primary N) is 1. The third kappa shape index (κ3) is 5.86. The number of carbonyl (C=O) groups excluding carboxylic acids is 1. The molecule has 36 heavy (non-hydrogen) atoms. The number of piperidine rings is 1. The summed E-state index contributed by atoms with van der Waals surface area (Å²) in [6.45, 7) is 4.53. The summed E-state index contributed by atoms with van der Waals surface area (Å²) >= 11 is 0. The van der Waals surface area contributed by atoms with E-state index in [4.69, 9.17) is 15.2 Å². The van der Waals surface area contributed by atoms with Gasteiger partial charge in [-0.2, -0.15) is 0 Å². The van der Waals surface area contributed by atoms with Gasteiger partial charge in [-0.1, -0.05) is 0 Å². The quantitative estimate of drug-likeness (QED) is 0.532. The monoisotopic (exact) mass is 503 g/mol. The lowest BCUT2D eigenvalue weighted by Gasteiger charge is -2.35. The Bertz CT molecular complexity index is 1040. The van der Waals surface area contributed by atoms with Crippen LogP contribution in [-0.4, -0.2) is 66.7 Å². The summed E-state index contributed by atoms with van der Waals surface area (Å²) in [6.07, 6.45) is 6.66. The molecule has 8 nitrogen and oxygen atoms in total.